The Balaban J connectivity index is 0.00000225. The zero-order chi connectivity index (χ0) is 18.9. The van der Waals surface area contributed by atoms with E-state index in [-0.39, 0.29) is 30.0 Å². The lowest BCUT2D eigenvalue weighted by Gasteiger charge is -2.41. The maximum atomic E-state index is 15.0. The highest BCUT2D eigenvalue weighted by Gasteiger charge is 2.46. The van der Waals surface area contributed by atoms with Gasteiger partial charge >= 0.3 is 0 Å². The van der Waals surface area contributed by atoms with Crippen molar-refractivity contribution in [3.8, 4) is 0 Å². The summed E-state index contributed by atoms with van der Waals surface area (Å²) < 4.78 is 15.0. The molecule has 0 atom stereocenters. The maximum absolute atomic E-state index is 15.0. The molecule has 1 aliphatic heterocycles. The Morgan fingerprint density at radius 2 is 1.82 bits per heavy atom. The van der Waals surface area contributed by atoms with Crippen molar-refractivity contribution < 1.29 is 4.39 Å². The summed E-state index contributed by atoms with van der Waals surface area (Å²) in [5.74, 6) is 1.22. The van der Waals surface area contributed by atoms with Gasteiger partial charge in [0, 0.05) is 56.4 Å². The first-order valence-corrected chi connectivity index (χ1v) is 9.46. The van der Waals surface area contributed by atoms with Crippen LogP contribution in [0.15, 0.2) is 47.7 Å². The standard InChI is InChI=1S/C19H22ClFN6.HI/c20-15-4-1-3-14(11-15)19(21)12-16(13-19)25-17(22)26-7-9-27(10-8-26)18-23-5-2-6-24-18;/h1-6,11,16H,7-10,12-13H2,(H2,22,25);1H. The molecule has 1 saturated carbocycles. The minimum absolute atomic E-state index is 0. The first-order chi connectivity index (χ1) is 13.0. The molecule has 6 nitrogen and oxygen atoms in total. The zero-order valence-corrected chi connectivity index (χ0v) is 18.4. The number of halogens is 3. The van der Waals surface area contributed by atoms with Gasteiger partial charge in [-0.25, -0.2) is 19.4 Å². The highest BCUT2D eigenvalue weighted by atomic mass is 127. The van der Waals surface area contributed by atoms with Crippen LogP contribution in [0.25, 0.3) is 0 Å². The Hall–Kier alpha value is -1.68. The fraction of sp³-hybridized carbons (Fsp3) is 0.421. The lowest BCUT2D eigenvalue weighted by molar-refractivity contribution is 0.0409. The fourth-order valence-electron chi connectivity index (χ4n) is 3.64. The van der Waals surface area contributed by atoms with Gasteiger partial charge in [0.25, 0.3) is 0 Å². The highest BCUT2D eigenvalue weighted by molar-refractivity contribution is 14.0. The number of hydrogen-bond acceptors (Lipinski definition) is 4. The monoisotopic (exact) mass is 516 g/mol. The molecule has 0 bridgehead atoms. The van der Waals surface area contributed by atoms with E-state index in [1.54, 1.807) is 42.7 Å². The van der Waals surface area contributed by atoms with E-state index in [1.165, 1.54) is 0 Å². The first-order valence-electron chi connectivity index (χ1n) is 9.09. The van der Waals surface area contributed by atoms with E-state index in [9.17, 15) is 4.39 Å². The molecule has 1 aliphatic carbocycles. The third-order valence-corrected chi connectivity index (χ3v) is 5.45. The summed E-state index contributed by atoms with van der Waals surface area (Å²) in [5, 5.41) is 0.552. The van der Waals surface area contributed by atoms with Gasteiger partial charge in [-0.2, -0.15) is 0 Å². The average molecular weight is 517 g/mol. The lowest BCUT2D eigenvalue weighted by atomic mass is 9.73. The Morgan fingerprint density at radius 3 is 2.46 bits per heavy atom. The third-order valence-electron chi connectivity index (χ3n) is 5.21. The molecule has 28 heavy (non-hydrogen) atoms. The average Bonchev–Trinajstić information content (AvgIpc) is 2.67. The largest absolute Gasteiger partial charge is 0.370 e. The molecule has 2 N–H and O–H groups in total. The van der Waals surface area contributed by atoms with Crippen molar-refractivity contribution in [2.75, 3.05) is 31.1 Å². The predicted octanol–water partition coefficient (Wildman–Crippen LogP) is 3.21. The molecule has 2 fully saturated rings. The molecule has 0 amide bonds. The minimum atomic E-state index is -1.36. The van der Waals surface area contributed by atoms with Crippen molar-refractivity contribution in [3.05, 3.63) is 53.3 Å². The number of aliphatic imine (C=N–C) groups is 1. The molecule has 2 aromatic rings. The number of piperazine rings is 1. The summed E-state index contributed by atoms with van der Waals surface area (Å²) >= 11 is 5.98. The summed E-state index contributed by atoms with van der Waals surface area (Å²) in [6, 6.07) is 8.71. The van der Waals surface area contributed by atoms with Crippen LogP contribution in [0.2, 0.25) is 5.02 Å². The molecule has 1 aromatic heterocycles. The van der Waals surface area contributed by atoms with Crippen molar-refractivity contribution >= 4 is 47.5 Å². The van der Waals surface area contributed by atoms with Gasteiger partial charge in [-0.15, -0.1) is 24.0 Å². The van der Waals surface area contributed by atoms with E-state index < -0.39 is 5.67 Å². The Morgan fingerprint density at radius 1 is 1.14 bits per heavy atom. The van der Waals surface area contributed by atoms with E-state index in [4.69, 9.17) is 17.3 Å². The second kappa shape index (κ2) is 8.77. The lowest BCUT2D eigenvalue weighted by Crippen LogP contribution is -2.52. The number of guanidine groups is 1. The first kappa shape index (κ1) is 21.0. The Labute approximate surface area is 186 Å². The van der Waals surface area contributed by atoms with Crippen molar-refractivity contribution in [1.82, 2.24) is 14.9 Å². The quantitative estimate of drug-likeness (QED) is 0.385. The maximum Gasteiger partial charge on any atom is 0.225 e. The number of rotatable bonds is 3. The van der Waals surface area contributed by atoms with Crippen LogP contribution < -0.4 is 10.6 Å². The smallest absolute Gasteiger partial charge is 0.225 e. The number of nitrogens with zero attached hydrogens (tertiary/aromatic N) is 5. The van der Waals surface area contributed by atoms with Crippen LogP contribution in [0.3, 0.4) is 0 Å². The summed E-state index contributed by atoms with van der Waals surface area (Å²) in [6.45, 7) is 3.05. The predicted molar refractivity (Wildman–Crippen MR) is 120 cm³/mol. The molecule has 1 saturated heterocycles. The van der Waals surface area contributed by atoms with Gasteiger partial charge in [0.1, 0.15) is 5.67 Å². The van der Waals surface area contributed by atoms with Crippen molar-refractivity contribution in [2.24, 2.45) is 10.7 Å². The SMILES string of the molecule is I.NC(=NC1CC(F)(c2cccc(Cl)c2)C1)N1CCN(c2ncccn2)CC1. The summed E-state index contributed by atoms with van der Waals surface area (Å²) in [6.07, 6.45) is 4.16. The minimum Gasteiger partial charge on any atom is -0.370 e. The van der Waals surface area contributed by atoms with Gasteiger partial charge in [-0.05, 0) is 23.8 Å². The number of benzene rings is 1. The summed E-state index contributed by atoms with van der Waals surface area (Å²) in [5.41, 5.74) is 5.44. The van der Waals surface area contributed by atoms with Crippen molar-refractivity contribution in [1.29, 1.82) is 0 Å². The van der Waals surface area contributed by atoms with E-state index in [0.29, 0.717) is 29.4 Å². The number of nitrogens with two attached hydrogens (primary N) is 1. The normalized spacial score (nSPS) is 25.1. The van der Waals surface area contributed by atoms with E-state index in [1.807, 2.05) is 4.90 Å². The zero-order valence-electron chi connectivity index (χ0n) is 15.3. The van der Waals surface area contributed by atoms with Crippen LogP contribution in [0, 0.1) is 0 Å². The molecule has 0 spiro atoms. The molecule has 2 heterocycles. The van der Waals surface area contributed by atoms with Gasteiger partial charge in [0.15, 0.2) is 5.96 Å². The van der Waals surface area contributed by atoms with Crippen molar-refractivity contribution in [3.63, 3.8) is 0 Å². The number of aromatic nitrogens is 2. The Bertz CT molecular complexity index is 822. The van der Waals surface area contributed by atoms with Crippen LogP contribution in [-0.4, -0.2) is 53.0 Å². The van der Waals surface area contributed by atoms with Gasteiger partial charge in [-0.1, -0.05) is 23.7 Å². The molecular formula is C19H23ClFIN6. The molecule has 4 rings (SSSR count). The molecule has 1 aromatic carbocycles. The van der Waals surface area contributed by atoms with Crippen LogP contribution in [0.1, 0.15) is 18.4 Å². The molecule has 0 radical (unpaired) electrons. The number of anilines is 1. The topological polar surface area (TPSA) is 70.6 Å². The van der Waals surface area contributed by atoms with E-state index >= 15 is 0 Å². The Kier molecular flexibility index (Phi) is 6.59. The van der Waals surface area contributed by atoms with Crippen LogP contribution in [0.4, 0.5) is 10.3 Å². The second-order valence-electron chi connectivity index (χ2n) is 7.05. The van der Waals surface area contributed by atoms with E-state index in [0.717, 1.165) is 32.1 Å². The van der Waals surface area contributed by atoms with Gasteiger partial charge in [0.05, 0.1) is 6.04 Å². The molecule has 9 heteroatoms. The summed E-state index contributed by atoms with van der Waals surface area (Å²) in [7, 11) is 0. The second-order valence-corrected chi connectivity index (χ2v) is 7.48. The van der Waals surface area contributed by atoms with Crippen LogP contribution >= 0.6 is 35.6 Å². The highest BCUT2D eigenvalue weighted by Crippen LogP contribution is 2.47. The molecule has 150 valence electrons. The number of hydrogen-bond donors (Lipinski definition) is 1. The van der Waals surface area contributed by atoms with Gasteiger partial charge in [-0.3, -0.25) is 0 Å². The fourth-order valence-corrected chi connectivity index (χ4v) is 3.83. The van der Waals surface area contributed by atoms with Gasteiger partial charge < -0.3 is 15.5 Å². The summed E-state index contributed by atoms with van der Waals surface area (Å²) in [4.78, 5) is 17.3. The number of alkyl halides is 1. The van der Waals surface area contributed by atoms with Crippen LogP contribution in [-0.2, 0) is 5.67 Å². The molecule has 0 unspecified atom stereocenters. The molecule has 2 aliphatic rings. The van der Waals surface area contributed by atoms with Crippen molar-refractivity contribution in [2.45, 2.75) is 24.6 Å². The van der Waals surface area contributed by atoms with Gasteiger partial charge in [0.2, 0.25) is 5.95 Å². The van der Waals surface area contributed by atoms with Crippen LogP contribution in [0.5, 0.6) is 0 Å². The molecular weight excluding hydrogens is 494 g/mol. The van der Waals surface area contributed by atoms with E-state index in [2.05, 4.69) is 19.9 Å². The third kappa shape index (κ3) is 4.48.